The van der Waals surface area contributed by atoms with Crippen molar-refractivity contribution >= 4 is 17.8 Å². The smallest absolute Gasteiger partial charge is 0.255 e. The number of benzene rings is 1. The van der Waals surface area contributed by atoms with Crippen LogP contribution in [0.4, 0.5) is 5.95 Å². The van der Waals surface area contributed by atoms with Crippen LogP contribution in [0.2, 0.25) is 0 Å². The molecule has 168 valence electrons. The highest BCUT2D eigenvalue weighted by atomic mass is 16.5. The van der Waals surface area contributed by atoms with E-state index in [1.54, 1.807) is 9.80 Å². The number of rotatable bonds is 4. The lowest BCUT2D eigenvalue weighted by atomic mass is 10.0. The summed E-state index contributed by atoms with van der Waals surface area (Å²) < 4.78 is 5.38. The van der Waals surface area contributed by atoms with Crippen molar-refractivity contribution in [2.45, 2.75) is 25.9 Å². The van der Waals surface area contributed by atoms with Gasteiger partial charge in [-0.3, -0.25) is 19.4 Å². The van der Waals surface area contributed by atoms with Gasteiger partial charge in [0.1, 0.15) is 0 Å². The molecule has 1 atom stereocenters. The monoisotopic (exact) mass is 437 g/mol. The average molecular weight is 438 g/mol. The molecule has 9 heteroatoms. The van der Waals surface area contributed by atoms with Crippen LogP contribution in [0.15, 0.2) is 35.1 Å². The molecule has 9 nitrogen and oxygen atoms in total. The fraction of sp³-hybridized carbons (Fsp3) is 0.478. The van der Waals surface area contributed by atoms with Crippen LogP contribution in [0.1, 0.15) is 23.2 Å². The molecular formula is C23H27N5O4. The number of anilines is 1. The zero-order valence-corrected chi connectivity index (χ0v) is 18.0. The number of hydrogen-bond donors (Lipinski definition) is 1. The number of aromatic amines is 1. The predicted octanol–water partition coefficient (Wildman–Crippen LogP) is 0.540. The molecule has 0 unspecified atom stereocenters. The number of amides is 2. The van der Waals surface area contributed by atoms with Gasteiger partial charge in [-0.2, -0.15) is 0 Å². The van der Waals surface area contributed by atoms with Gasteiger partial charge in [-0.25, -0.2) is 4.98 Å². The second-order valence-corrected chi connectivity index (χ2v) is 8.58. The lowest BCUT2D eigenvalue weighted by Gasteiger charge is -2.32. The van der Waals surface area contributed by atoms with Crippen LogP contribution in [-0.4, -0.2) is 71.0 Å². The van der Waals surface area contributed by atoms with Crippen LogP contribution in [0, 0.1) is 5.92 Å². The van der Waals surface area contributed by atoms with Gasteiger partial charge in [0, 0.05) is 44.7 Å². The zero-order valence-electron chi connectivity index (χ0n) is 18.0. The summed E-state index contributed by atoms with van der Waals surface area (Å²) in [4.78, 5) is 51.5. The molecule has 3 aliphatic rings. The van der Waals surface area contributed by atoms with Crippen molar-refractivity contribution in [1.82, 2.24) is 19.8 Å². The summed E-state index contributed by atoms with van der Waals surface area (Å²) in [7, 11) is 0. The molecule has 0 bridgehead atoms. The van der Waals surface area contributed by atoms with Crippen molar-refractivity contribution < 1.29 is 14.3 Å². The highest BCUT2D eigenvalue weighted by Gasteiger charge is 2.37. The molecule has 1 N–H and O–H groups in total. The summed E-state index contributed by atoms with van der Waals surface area (Å²) >= 11 is 0. The maximum atomic E-state index is 13.2. The number of hydrogen-bond acceptors (Lipinski definition) is 6. The number of H-pyrrole nitrogens is 1. The van der Waals surface area contributed by atoms with Gasteiger partial charge in [-0.15, -0.1) is 0 Å². The van der Waals surface area contributed by atoms with Crippen molar-refractivity contribution in [3.05, 3.63) is 57.5 Å². The SMILES string of the molecule is O=C1C[C@@H](C(=O)N2CCc3c(nc(N4CCOCC4)[nH]c3=O)C2)CN1Cc1ccccc1. The summed E-state index contributed by atoms with van der Waals surface area (Å²) in [6.07, 6.45) is 0.706. The van der Waals surface area contributed by atoms with Gasteiger partial charge in [-0.05, 0) is 12.0 Å². The number of nitrogens with one attached hydrogen (secondary N) is 1. The van der Waals surface area contributed by atoms with E-state index in [1.165, 1.54) is 0 Å². The number of carbonyl (C=O) groups is 2. The topological polar surface area (TPSA) is 98.8 Å². The molecule has 2 amide bonds. The Bertz CT molecular complexity index is 1060. The minimum absolute atomic E-state index is 0.00813. The first kappa shape index (κ1) is 20.7. The summed E-state index contributed by atoms with van der Waals surface area (Å²) in [6.45, 7) is 4.26. The molecule has 0 radical (unpaired) electrons. The third-order valence-electron chi connectivity index (χ3n) is 6.46. The van der Waals surface area contributed by atoms with Gasteiger partial charge in [0.2, 0.25) is 17.8 Å². The molecular weight excluding hydrogens is 410 g/mol. The average Bonchev–Trinajstić information content (AvgIpc) is 3.19. The molecule has 0 saturated carbocycles. The van der Waals surface area contributed by atoms with E-state index in [0.717, 1.165) is 5.56 Å². The van der Waals surface area contributed by atoms with E-state index in [4.69, 9.17) is 4.74 Å². The highest BCUT2D eigenvalue weighted by Crippen LogP contribution is 2.25. The number of morpholine rings is 1. The lowest BCUT2D eigenvalue weighted by Crippen LogP contribution is -2.44. The summed E-state index contributed by atoms with van der Waals surface area (Å²) in [5.41, 5.74) is 2.23. The first-order valence-electron chi connectivity index (χ1n) is 11.1. The minimum Gasteiger partial charge on any atom is -0.378 e. The number of ether oxygens (including phenoxy) is 1. The zero-order chi connectivity index (χ0) is 22.1. The van der Waals surface area contributed by atoms with Gasteiger partial charge in [0.25, 0.3) is 5.56 Å². The standard InChI is InChI=1S/C23H27N5O4/c29-20-12-17(14-28(20)13-16-4-2-1-3-5-16)22(31)27-7-6-18-19(15-27)24-23(25-21(18)30)26-8-10-32-11-9-26/h1-5,17H,6-15H2,(H,24,25,30)/t17-/m1/s1. The molecule has 2 saturated heterocycles. The molecule has 32 heavy (non-hydrogen) atoms. The van der Waals surface area contributed by atoms with Gasteiger partial charge >= 0.3 is 0 Å². The van der Waals surface area contributed by atoms with Crippen LogP contribution in [0.3, 0.4) is 0 Å². The fourth-order valence-corrected chi connectivity index (χ4v) is 4.69. The van der Waals surface area contributed by atoms with E-state index >= 15 is 0 Å². The van der Waals surface area contributed by atoms with Crippen molar-refractivity contribution in [3.8, 4) is 0 Å². The fourth-order valence-electron chi connectivity index (χ4n) is 4.69. The van der Waals surface area contributed by atoms with E-state index in [1.807, 2.05) is 35.2 Å². The minimum atomic E-state index is -0.353. The molecule has 1 aromatic carbocycles. The molecule has 0 spiro atoms. The van der Waals surface area contributed by atoms with Crippen LogP contribution in [0.25, 0.3) is 0 Å². The second-order valence-electron chi connectivity index (χ2n) is 8.58. The van der Waals surface area contributed by atoms with Crippen LogP contribution in [0.5, 0.6) is 0 Å². The van der Waals surface area contributed by atoms with Gasteiger partial charge in [-0.1, -0.05) is 30.3 Å². The Hall–Kier alpha value is -3.20. The first-order valence-corrected chi connectivity index (χ1v) is 11.1. The number of likely N-dealkylation sites (tertiary alicyclic amines) is 1. The van der Waals surface area contributed by atoms with E-state index in [9.17, 15) is 14.4 Å². The Morgan fingerprint density at radius 1 is 1.12 bits per heavy atom. The maximum absolute atomic E-state index is 13.2. The normalized spacial score (nSPS) is 21.1. The maximum Gasteiger partial charge on any atom is 0.255 e. The van der Waals surface area contributed by atoms with Crippen molar-refractivity contribution in [1.29, 1.82) is 0 Å². The molecule has 2 fully saturated rings. The van der Waals surface area contributed by atoms with Crippen molar-refractivity contribution in [3.63, 3.8) is 0 Å². The van der Waals surface area contributed by atoms with Crippen LogP contribution >= 0.6 is 0 Å². The highest BCUT2D eigenvalue weighted by molar-refractivity contribution is 5.89. The van der Waals surface area contributed by atoms with Crippen LogP contribution in [-0.2, 0) is 33.8 Å². The largest absolute Gasteiger partial charge is 0.378 e. The van der Waals surface area contributed by atoms with E-state index in [0.29, 0.717) is 76.1 Å². The van der Waals surface area contributed by atoms with Gasteiger partial charge in [0.15, 0.2) is 0 Å². The van der Waals surface area contributed by atoms with Crippen LogP contribution < -0.4 is 10.5 Å². The van der Waals surface area contributed by atoms with E-state index in [2.05, 4.69) is 9.97 Å². The van der Waals surface area contributed by atoms with E-state index < -0.39 is 0 Å². The number of aromatic nitrogens is 2. The Morgan fingerprint density at radius 2 is 1.91 bits per heavy atom. The Balaban J connectivity index is 1.28. The number of carbonyl (C=O) groups excluding carboxylic acids is 2. The Labute approximate surface area is 186 Å². The molecule has 0 aliphatic carbocycles. The second kappa shape index (κ2) is 8.74. The van der Waals surface area contributed by atoms with Gasteiger partial charge in [0.05, 0.1) is 31.4 Å². The van der Waals surface area contributed by atoms with Crippen molar-refractivity contribution in [2.75, 3.05) is 44.3 Å². The first-order chi connectivity index (χ1) is 15.6. The Kier molecular flexibility index (Phi) is 5.65. The lowest BCUT2D eigenvalue weighted by molar-refractivity contribution is -0.136. The third kappa shape index (κ3) is 4.12. The summed E-state index contributed by atoms with van der Waals surface area (Å²) in [6, 6.07) is 9.81. The molecule has 3 aliphatic heterocycles. The van der Waals surface area contributed by atoms with Crippen molar-refractivity contribution in [2.24, 2.45) is 5.92 Å². The molecule has 2 aromatic rings. The number of nitrogens with zero attached hydrogens (tertiary/aromatic N) is 4. The summed E-state index contributed by atoms with van der Waals surface area (Å²) in [5, 5.41) is 0. The quantitative estimate of drug-likeness (QED) is 0.750. The molecule has 5 rings (SSSR count). The third-order valence-corrected chi connectivity index (χ3v) is 6.46. The molecule has 1 aromatic heterocycles. The summed E-state index contributed by atoms with van der Waals surface area (Å²) in [5.74, 6) is 0.160. The van der Waals surface area contributed by atoms with E-state index in [-0.39, 0.29) is 29.7 Å². The predicted molar refractivity (Wildman–Crippen MR) is 117 cm³/mol. The van der Waals surface area contributed by atoms with Gasteiger partial charge < -0.3 is 19.4 Å². The Morgan fingerprint density at radius 3 is 2.69 bits per heavy atom. The molecule has 4 heterocycles. The number of fused-ring (bicyclic) bond motifs is 1.